The smallest absolute Gasteiger partial charge is 0.338 e. The lowest BCUT2D eigenvalue weighted by atomic mass is 10.1. The zero-order chi connectivity index (χ0) is 25.2. The summed E-state index contributed by atoms with van der Waals surface area (Å²) >= 11 is 0. The van der Waals surface area contributed by atoms with Crippen LogP contribution < -0.4 is 19.5 Å². The van der Waals surface area contributed by atoms with Gasteiger partial charge in [-0.2, -0.15) is 5.10 Å². The quantitative estimate of drug-likeness (QED) is 0.212. The Morgan fingerprint density at radius 2 is 1.81 bits per heavy atom. The van der Waals surface area contributed by atoms with Crippen LogP contribution in [0.4, 0.5) is 0 Å². The molecule has 4 aromatic rings. The highest BCUT2D eigenvalue weighted by atomic mass is 16.6. The van der Waals surface area contributed by atoms with Crippen molar-refractivity contribution in [1.82, 2.24) is 15.5 Å². The van der Waals surface area contributed by atoms with Crippen molar-refractivity contribution in [3.8, 4) is 17.2 Å². The van der Waals surface area contributed by atoms with Gasteiger partial charge in [0, 0.05) is 6.54 Å². The molecule has 0 aliphatic rings. The number of esters is 1. The number of benzene rings is 3. The Morgan fingerprint density at radius 3 is 2.61 bits per heavy atom. The minimum atomic E-state index is -0.471. The standard InChI is InChI=1S/C28H31N3O5/c1-33-26-14-13-20(16-27(26)34-2)8-7-15-29-17-22(36-28(32)21-9-4-3-5-10-21)19-35-25-12-6-11-24-23(25)18-30-31-24/h3-6,9-14,16,18,22,29H,7-8,15,17,19H2,1-2H3,(H,30,31). The van der Waals surface area contributed by atoms with Crippen molar-refractivity contribution in [2.75, 3.05) is 33.9 Å². The van der Waals surface area contributed by atoms with Crippen molar-refractivity contribution >= 4 is 16.9 Å². The van der Waals surface area contributed by atoms with E-state index in [4.69, 9.17) is 18.9 Å². The number of nitrogens with one attached hydrogen (secondary N) is 2. The molecule has 0 amide bonds. The number of aromatic nitrogens is 2. The molecule has 0 radical (unpaired) electrons. The van der Waals surface area contributed by atoms with Crippen molar-refractivity contribution < 1.29 is 23.7 Å². The molecule has 3 aromatic carbocycles. The van der Waals surface area contributed by atoms with E-state index in [1.54, 1.807) is 32.5 Å². The molecule has 0 aliphatic heterocycles. The van der Waals surface area contributed by atoms with Crippen LogP contribution >= 0.6 is 0 Å². The van der Waals surface area contributed by atoms with E-state index in [0.29, 0.717) is 23.6 Å². The number of fused-ring (bicyclic) bond motifs is 1. The van der Waals surface area contributed by atoms with Gasteiger partial charge in [0.1, 0.15) is 18.5 Å². The largest absolute Gasteiger partial charge is 0.493 e. The van der Waals surface area contributed by atoms with Crippen molar-refractivity contribution in [3.05, 3.63) is 84.1 Å². The van der Waals surface area contributed by atoms with Gasteiger partial charge < -0.3 is 24.3 Å². The van der Waals surface area contributed by atoms with Crippen LogP contribution in [-0.2, 0) is 11.2 Å². The molecule has 4 rings (SSSR count). The summed E-state index contributed by atoms with van der Waals surface area (Å²) in [4.78, 5) is 12.7. The van der Waals surface area contributed by atoms with Crippen molar-refractivity contribution in [2.45, 2.75) is 18.9 Å². The van der Waals surface area contributed by atoms with Gasteiger partial charge in [-0.3, -0.25) is 5.10 Å². The van der Waals surface area contributed by atoms with Gasteiger partial charge in [-0.1, -0.05) is 30.3 Å². The minimum absolute atomic E-state index is 0.214. The van der Waals surface area contributed by atoms with E-state index in [2.05, 4.69) is 15.5 Å². The van der Waals surface area contributed by atoms with E-state index in [-0.39, 0.29) is 12.6 Å². The molecule has 0 saturated heterocycles. The van der Waals surface area contributed by atoms with Crippen molar-refractivity contribution in [3.63, 3.8) is 0 Å². The van der Waals surface area contributed by atoms with E-state index in [1.807, 2.05) is 54.6 Å². The van der Waals surface area contributed by atoms with Crippen molar-refractivity contribution in [1.29, 1.82) is 0 Å². The summed E-state index contributed by atoms with van der Waals surface area (Å²) in [7, 11) is 3.26. The molecule has 1 heterocycles. The fraction of sp³-hybridized carbons (Fsp3) is 0.286. The van der Waals surface area contributed by atoms with E-state index in [0.717, 1.165) is 41.6 Å². The zero-order valence-electron chi connectivity index (χ0n) is 20.5. The molecule has 36 heavy (non-hydrogen) atoms. The molecule has 0 aliphatic carbocycles. The maximum atomic E-state index is 12.7. The second kappa shape index (κ2) is 12.6. The lowest BCUT2D eigenvalue weighted by molar-refractivity contribution is 0.0180. The van der Waals surface area contributed by atoms with E-state index < -0.39 is 6.10 Å². The lowest BCUT2D eigenvalue weighted by Gasteiger charge is -2.19. The van der Waals surface area contributed by atoms with Crippen LogP contribution in [-0.4, -0.2) is 56.2 Å². The predicted octanol–water partition coefficient (Wildman–Crippen LogP) is 4.41. The number of hydrogen-bond donors (Lipinski definition) is 2. The molecule has 8 heteroatoms. The average molecular weight is 490 g/mol. The van der Waals surface area contributed by atoms with Gasteiger partial charge in [-0.05, 0) is 61.3 Å². The van der Waals surface area contributed by atoms with E-state index >= 15 is 0 Å². The third-order valence-corrected chi connectivity index (χ3v) is 5.79. The molecular weight excluding hydrogens is 458 g/mol. The Labute approximate surface area is 210 Å². The fourth-order valence-corrected chi connectivity index (χ4v) is 3.89. The zero-order valence-corrected chi connectivity index (χ0v) is 20.5. The molecule has 0 bridgehead atoms. The highest BCUT2D eigenvalue weighted by molar-refractivity contribution is 5.89. The number of hydrogen-bond acceptors (Lipinski definition) is 7. The number of nitrogens with zero attached hydrogens (tertiary/aromatic N) is 1. The first kappa shape index (κ1) is 25.1. The first-order chi connectivity index (χ1) is 17.7. The number of aromatic amines is 1. The third kappa shape index (κ3) is 6.55. The summed E-state index contributed by atoms with van der Waals surface area (Å²) in [5.41, 5.74) is 2.56. The Morgan fingerprint density at radius 1 is 0.972 bits per heavy atom. The summed E-state index contributed by atoms with van der Waals surface area (Å²) in [6.07, 6.45) is 3.04. The monoisotopic (exact) mass is 489 g/mol. The van der Waals surface area contributed by atoms with Crippen molar-refractivity contribution in [2.24, 2.45) is 0 Å². The number of rotatable bonds is 13. The highest BCUT2D eigenvalue weighted by Crippen LogP contribution is 2.28. The maximum absolute atomic E-state index is 12.7. The highest BCUT2D eigenvalue weighted by Gasteiger charge is 2.17. The molecule has 2 N–H and O–H groups in total. The van der Waals surface area contributed by atoms with E-state index in [1.165, 1.54) is 0 Å². The molecule has 8 nitrogen and oxygen atoms in total. The number of H-pyrrole nitrogens is 1. The second-order valence-electron chi connectivity index (χ2n) is 8.29. The normalized spacial score (nSPS) is 11.7. The van der Waals surface area contributed by atoms with Gasteiger partial charge >= 0.3 is 5.97 Å². The van der Waals surface area contributed by atoms with Gasteiger partial charge in [-0.25, -0.2) is 4.79 Å². The maximum Gasteiger partial charge on any atom is 0.338 e. The Hall–Kier alpha value is -4.04. The molecular formula is C28H31N3O5. The second-order valence-corrected chi connectivity index (χ2v) is 8.29. The van der Waals surface area contributed by atoms with Gasteiger partial charge in [-0.15, -0.1) is 0 Å². The van der Waals surface area contributed by atoms with Crippen LogP contribution in [0.15, 0.2) is 72.9 Å². The fourth-order valence-electron chi connectivity index (χ4n) is 3.89. The molecule has 0 spiro atoms. The summed E-state index contributed by atoms with van der Waals surface area (Å²) in [5.74, 6) is 1.75. The minimum Gasteiger partial charge on any atom is -0.493 e. The van der Waals surface area contributed by atoms with Gasteiger partial charge in [0.05, 0.1) is 36.9 Å². The molecule has 0 saturated carbocycles. The Kier molecular flexibility index (Phi) is 8.77. The SMILES string of the molecule is COc1ccc(CCCNCC(COc2cccc3[nH]ncc23)OC(=O)c2ccccc2)cc1OC. The van der Waals surface area contributed by atoms with Gasteiger partial charge in [0.2, 0.25) is 0 Å². The van der Waals surface area contributed by atoms with Gasteiger partial charge in [0.25, 0.3) is 0 Å². The summed E-state index contributed by atoms with van der Waals surface area (Å²) in [5, 5.41) is 11.3. The molecule has 1 unspecified atom stereocenters. The number of methoxy groups -OCH3 is 2. The molecule has 1 aromatic heterocycles. The summed E-state index contributed by atoms with van der Waals surface area (Å²) < 4.78 is 22.5. The lowest BCUT2D eigenvalue weighted by Crippen LogP contribution is -2.36. The first-order valence-electron chi connectivity index (χ1n) is 11.9. The molecule has 188 valence electrons. The Balaban J connectivity index is 1.32. The Bertz CT molecular complexity index is 1260. The first-order valence-corrected chi connectivity index (χ1v) is 11.9. The topological polar surface area (TPSA) is 94.7 Å². The third-order valence-electron chi connectivity index (χ3n) is 5.79. The van der Waals surface area contributed by atoms with Crippen LogP contribution in [0.25, 0.3) is 10.9 Å². The van der Waals surface area contributed by atoms with Gasteiger partial charge in [0.15, 0.2) is 11.5 Å². The van der Waals surface area contributed by atoms with Crippen LogP contribution in [0.3, 0.4) is 0 Å². The van der Waals surface area contributed by atoms with Crippen LogP contribution in [0, 0.1) is 0 Å². The average Bonchev–Trinajstić information content (AvgIpc) is 3.41. The van der Waals surface area contributed by atoms with Crippen LogP contribution in [0.1, 0.15) is 22.3 Å². The molecule has 0 fully saturated rings. The predicted molar refractivity (Wildman–Crippen MR) is 138 cm³/mol. The summed E-state index contributed by atoms with van der Waals surface area (Å²) in [6, 6.07) is 20.6. The number of ether oxygens (including phenoxy) is 4. The van der Waals surface area contributed by atoms with E-state index in [9.17, 15) is 4.79 Å². The number of aryl methyl sites for hydroxylation is 1. The summed E-state index contributed by atoms with van der Waals surface area (Å²) in [6.45, 7) is 1.43. The van der Waals surface area contributed by atoms with Crippen LogP contribution in [0.2, 0.25) is 0 Å². The molecule has 1 atom stereocenters. The number of carbonyl (C=O) groups excluding carboxylic acids is 1. The number of carbonyl (C=O) groups is 1. The van der Waals surface area contributed by atoms with Crippen LogP contribution in [0.5, 0.6) is 17.2 Å².